The van der Waals surface area contributed by atoms with E-state index in [1.807, 2.05) is 0 Å². The molecule has 1 aromatic carbocycles. The van der Waals surface area contributed by atoms with Crippen molar-refractivity contribution in [3.8, 4) is 0 Å². The van der Waals surface area contributed by atoms with Crippen molar-refractivity contribution in [2.24, 2.45) is 0 Å². The summed E-state index contributed by atoms with van der Waals surface area (Å²) >= 11 is 2.06. The smallest absolute Gasteiger partial charge is 0.0419 e. The van der Waals surface area contributed by atoms with Gasteiger partial charge in [0.25, 0.3) is 0 Å². The van der Waals surface area contributed by atoms with Crippen molar-refractivity contribution in [1.82, 2.24) is 5.32 Å². The molecule has 2 N–H and O–H groups in total. The van der Waals surface area contributed by atoms with Crippen molar-refractivity contribution in [1.29, 1.82) is 0 Å². The molecule has 1 saturated heterocycles. The molecule has 3 heteroatoms. The summed E-state index contributed by atoms with van der Waals surface area (Å²) in [5.41, 5.74) is 4.31. The first-order valence-corrected chi connectivity index (χ1v) is 7.25. The van der Waals surface area contributed by atoms with Gasteiger partial charge in [0, 0.05) is 30.6 Å². The Kier molecular flexibility index (Phi) is 3.06. The molecule has 16 heavy (non-hydrogen) atoms. The normalized spacial score (nSPS) is 23.1. The molecule has 86 valence electrons. The molecular formula is C13H18N2S. The van der Waals surface area contributed by atoms with Crippen LogP contribution in [0.2, 0.25) is 0 Å². The Labute approximate surface area is 101 Å². The Hall–Kier alpha value is -0.670. The number of nitrogens with one attached hydrogen (secondary N) is 2. The van der Waals surface area contributed by atoms with Crippen LogP contribution < -0.4 is 10.6 Å². The van der Waals surface area contributed by atoms with Crippen LogP contribution >= 0.6 is 11.8 Å². The van der Waals surface area contributed by atoms with Gasteiger partial charge in [-0.25, -0.2) is 0 Å². The SMILES string of the molecule is c1cc2c(c(CNC3CCSC3)c1)NCC2. The maximum Gasteiger partial charge on any atom is 0.0419 e. The van der Waals surface area contributed by atoms with Gasteiger partial charge in [0.05, 0.1) is 0 Å². The zero-order chi connectivity index (χ0) is 10.8. The van der Waals surface area contributed by atoms with Crippen molar-refractivity contribution in [2.75, 3.05) is 23.4 Å². The van der Waals surface area contributed by atoms with E-state index in [0.717, 1.165) is 19.1 Å². The Morgan fingerprint density at radius 3 is 3.31 bits per heavy atom. The van der Waals surface area contributed by atoms with Crippen LogP contribution in [0.4, 0.5) is 5.69 Å². The number of anilines is 1. The number of fused-ring (bicyclic) bond motifs is 1. The molecule has 2 aliphatic rings. The molecular weight excluding hydrogens is 216 g/mol. The molecule has 0 saturated carbocycles. The Balaban J connectivity index is 1.67. The highest BCUT2D eigenvalue weighted by Crippen LogP contribution is 2.26. The Morgan fingerprint density at radius 1 is 1.44 bits per heavy atom. The van der Waals surface area contributed by atoms with Gasteiger partial charge < -0.3 is 10.6 Å². The molecule has 1 atom stereocenters. The summed E-state index contributed by atoms with van der Waals surface area (Å²) in [6.45, 7) is 2.12. The zero-order valence-electron chi connectivity index (χ0n) is 9.46. The minimum Gasteiger partial charge on any atom is -0.384 e. The standard InChI is InChI=1S/C13H18N2S/c1-2-10-4-6-14-13(10)11(3-1)8-15-12-5-7-16-9-12/h1-3,12,14-15H,4-9H2. The third-order valence-electron chi connectivity index (χ3n) is 3.44. The number of hydrogen-bond acceptors (Lipinski definition) is 3. The first-order chi connectivity index (χ1) is 7.93. The summed E-state index contributed by atoms with van der Waals surface area (Å²) in [6, 6.07) is 7.39. The first kappa shape index (κ1) is 10.5. The van der Waals surface area contributed by atoms with E-state index in [9.17, 15) is 0 Å². The first-order valence-electron chi connectivity index (χ1n) is 6.09. The summed E-state index contributed by atoms with van der Waals surface area (Å²) in [7, 11) is 0. The highest BCUT2D eigenvalue weighted by Gasteiger charge is 2.17. The van der Waals surface area contributed by atoms with Crippen LogP contribution in [0.1, 0.15) is 17.5 Å². The van der Waals surface area contributed by atoms with Crippen molar-refractivity contribution < 1.29 is 0 Å². The lowest BCUT2D eigenvalue weighted by atomic mass is 10.1. The lowest BCUT2D eigenvalue weighted by Crippen LogP contribution is -2.28. The van der Waals surface area contributed by atoms with E-state index in [1.165, 1.54) is 41.2 Å². The summed E-state index contributed by atoms with van der Waals surface area (Å²) in [5.74, 6) is 2.60. The molecule has 0 amide bonds. The van der Waals surface area contributed by atoms with E-state index in [4.69, 9.17) is 0 Å². The van der Waals surface area contributed by atoms with Crippen molar-refractivity contribution in [2.45, 2.75) is 25.4 Å². The molecule has 1 fully saturated rings. The van der Waals surface area contributed by atoms with Crippen molar-refractivity contribution in [3.63, 3.8) is 0 Å². The van der Waals surface area contributed by atoms with Crippen molar-refractivity contribution in [3.05, 3.63) is 29.3 Å². The molecule has 1 aromatic rings. The number of thioether (sulfide) groups is 1. The third-order valence-corrected chi connectivity index (χ3v) is 4.61. The quantitative estimate of drug-likeness (QED) is 0.839. The Bertz CT molecular complexity index is 372. The van der Waals surface area contributed by atoms with Gasteiger partial charge in [0.2, 0.25) is 0 Å². The Morgan fingerprint density at radius 2 is 2.44 bits per heavy atom. The predicted octanol–water partition coefficient (Wildman–Crippen LogP) is 2.25. The summed E-state index contributed by atoms with van der Waals surface area (Å²) in [5, 5.41) is 7.17. The lowest BCUT2D eigenvalue weighted by molar-refractivity contribution is 0.558. The fourth-order valence-corrected chi connectivity index (χ4v) is 3.69. The third kappa shape index (κ3) is 2.06. The molecule has 1 unspecified atom stereocenters. The van der Waals surface area contributed by atoms with Gasteiger partial charge in [-0.1, -0.05) is 18.2 Å². The van der Waals surface area contributed by atoms with Gasteiger partial charge in [0.1, 0.15) is 0 Å². The number of rotatable bonds is 3. The summed E-state index contributed by atoms with van der Waals surface area (Å²) in [6.07, 6.45) is 2.51. The fourth-order valence-electron chi connectivity index (χ4n) is 2.51. The molecule has 3 rings (SSSR count). The molecule has 0 spiro atoms. The van der Waals surface area contributed by atoms with Gasteiger partial charge in [-0.3, -0.25) is 0 Å². The van der Waals surface area contributed by atoms with Gasteiger partial charge in [-0.05, 0) is 29.7 Å². The highest BCUT2D eigenvalue weighted by molar-refractivity contribution is 7.99. The predicted molar refractivity (Wildman–Crippen MR) is 71.2 cm³/mol. The largest absolute Gasteiger partial charge is 0.384 e. The van der Waals surface area contributed by atoms with E-state index >= 15 is 0 Å². The van der Waals surface area contributed by atoms with E-state index in [2.05, 4.69) is 40.6 Å². The highest BCUT2D eigenvalue weighted by atomic mass is 32.2. The lowest BCUT2D eigenvalue weighted by Gasteiger charge is -2.13. The zero-order valence-corrected chi connectivity index (χ0v) is 10.3. The van der Waals surface area contributed by atoms with Crippen LogP contribution in [0.15, 0.2) is 18.2 Å². The second kappa shape index (κ2) is 4.68. The number of para-hydroxylation sites is 1. The second-order valence-electron chi connectivity index (χ2n) is 4.57. The van der Waals surface area contributed by atoms with E-state index in [0.29, 0.717) is 0 Å². The molecule has 2 aliphatic heterocycles. The number of benzene rings is 1. The van der Waals surface area contributed by atoms with Crippen LogP contribution in [0.25, 0.3) is 0 Å². The minimum absolute atomic E-state index is 0.724. The summed E-state index contributed by atoms with van der Waals surface area (Å²) in [4.78, 5) is 0. The van der Waals surface area contributed by atoms with Gasteiger partial charge in [0.15, 0.2) is 0 Å². The van der Waals surface area contributed by atoms with Crippen LogP contribution in [0, 0.1) is 0 Å². The minimum atomic E-state index is 0.724. The van der Waals surface area contributed by atoms with Crippen LogP contribution in [-0.2, 0) is 13.0 Å². The average Bonchev–Trinajstić information content (AvgIpc) is 2.97. The van der Waals surface area contributed by atoms with Gasteiger partial charge in [-0.15, -0.1) is 0 Å². The van der Waals surface area contributed by atoms with Gasteiger partial charge >= 0.3 is 0 Å². The van der Waals surface area contributed by atoms with E-state index < -0.39 is 0 Å². The monoisotopic (exact) mass is 234 g/mol. The molecule has 2 heterocycles. The fraction of sp³-hybridized carbons (Fsp3) is 0.538. The van der Waals surface area contributed by atoms with Crippen LogP contribution in [-0.4, -0.2) is 24.1 Å². The summed E-state index contributed by atoms with van der Waals surface area (Å²) < 4.78 is 0. The molecule has 0 bridgehead atoms. The molecule has 0 aliphatic carbocycles. The van der Waals surface area contributed by atoms with E-state index in [-0.39, 0.29) is 0 Å². The van der Waals surface area contributed by atoms with Crippen molar-refractivity contribution >= 4 is 17.4 Å². The van der Waals surface area contributed by atoms with Gasteiger partial charge in [-0.2, -0.15) is 11.8 Å². The van der Waals surface area contributed by atoms with E-state index in [1.54, 1.807) is 0 Å². The molecule has 0 radical (unpaired) electrons. The molecule has 2 nitrogen and oxygen atoms in total. The van der Waals surface area contributed by atoms with Crippen LogP contribution in [0.3, 0.4) is 0 Å². The maximum absolute atomic E-state index is 3.67. The average molecular weight is 234 g/mol. The second-order valence-corrected chi connectivity index (χ2v) is 5.72. The topological polar surface area (TPSA) is 24.1 Å². The number of hydrogen-bond donors (Lipinski definition) is 2. The van der Waals surface area contributed by atoms with Crippen LogP contribution in [0.5, 0.6) is 0 Å². The maximum atomic E-state index is 3.67. The molecule has 0 aromatic heterocycles.